The number of nitrogens with zero attached hydrogens (tertiary/aromatic N) is 3. The third-order valence-corrected chi connectivity index (χ3v) is 2.72. The molecular formula is C9H9BrN4O. The molecule has 6 heteroatoms. The van der Waals surface area contributed by atoms with Crippen molar-refractivity contribution in [2.75, 3.05) is 5.73 Å². The van der Waals surface area contributed by atoms with E-state index < -0.39 is 0 Å². The standard InChI is InChI=1S/C9H9BrN4O/c1-4(15)6-3-12-9-7(10)13-5(2)14(9)8(6)11/h3H,11H2,1-2H3. The summed E-state index contributed by atoms with van der Waals surface area (Å²) in [4.78, 5) is 19.6. The summed E-state index contributed by atoms with van der Waals surface area (Å²) in [5.41, 5.74) is 6.91. The first kappa shape index (κ1) is 10.1. The molecule has 0 bridgehead atoms. The van der Waals surface area contributed by atoms with Crippen LogP contribution in [0.25, 0.3) is 5.65 Å². The van der Waals surface area contributed by atoms with Crippen LogP contribution in [0, 0.1) is 6.92 Å². The maximum atomic E-state index is 11.3. The van der Waals surface area contributed by atoms with Crippen molar-refractivity contribution in [3.05, 3.63) is 22.2 Å². The Hall–Kier alpha value is -1.43. The summed E-state index contributed by atoms with van der Waals surface area (Å²) in [5.74, 6) is 0.972. The fourth-order valence-corrected chi connectivity index (χ4v) is 2.01. The monoisotopic (exact) mass is 268 g/mol. The minimum absolute atomic E-state index is 0.105. The number of aryl methyl sites for hydroxylation is 1. The van der Waals surface area contributed by atoms with Gasteiger partial charge in [0.05, 0.1) is 5.56 Å². The fraction of sp³-hybridized carbons (Fsp3) is 0.222. The van der Waals surface area contributed by atoms with Gasteiger partial charge in [0.15, 0.2) is 16.0 Å². The van der Waals surface area contributed by atoms with Crippen LogP contribution in [0.4, 0.5) is 5.82 Å². The molecule has 2 rings (SSSR count). The van der Waals surface area contributed by atoms with Crippen molar-refractivity contribution < 1.29 is 4.79 Å². The molecule has 0 amide bonds. The second-order valence-corrected chi connectivity index (χ2v) is 3.97. The van der Waals surface area contributed by atoms with Gasteiger partial charge in [0.2, 0.25) is 0 Å². The molecule has 2 heterocycles. The first-order valence-corrected chi connectivity index (χ1v) is 5.11. The van der Waals surface area contributed by atoms with E-state index in [0.29, 0.717) is 27.5 Å². The molecule has 0 aliphatic carbocycles. The Kier molecular flexibility index (Phi) is 2.22. The van der Waals surface area contributed by atoms with Crippen LogP contribution in [0.3, 0.4) is 0 Å². The average molecular weight is 269 g/mol. The van der Waals surface area contributed by atoms with Gasteiger partial charge in [-0.25, -0.2) is 9.97 Å². The highest BCUT2D eigenvalue weighted by Gasteiger charge is 2.14. The summed E-state index contributed by atoms with van der Waals surface area (Å²) in [7, 11) is 0. The first-order chi connectivity index (χ1) is 7.02. The van der Waals surface area contributed by atoms with Crippen LogP contribution >= 0.6 is 15.9 Å². The first-order valence-electron chi connectivity index (χ1n) is 4.32. The lowest BCUT2D eigenvalue weighted by Gasteiger charge is -2.05. The molecule has 2 aromatic rings. The Morgan fingerprint density at radius 2 is 2.27 bits per heavy atom. The van der Waals surface area contributed by atoms with Crippen molar-refractivity contribution in [1.29, 1.82) is 0 Å². The van der Waals surface area contributed by atoms with Crippen LogP contribution < -0.4 is 5.73 Å². The van der Waals surface area contributed by atoms with Gasteiger partial charge in [0, 0.05) is 6.20 Å². The van der Waals surface area contributed by atoms with Gasteiger partial charge in [-0.05, 0) is 29.8 Å². The van der Waals surface area contributed by atoms with E-state index in [1.807, 2.05) is 0 Å². The van der Waals surface area contributed by atoms with Gasteiger partial charge in [-0.15, -0.1) is 0 Å². The van der Waals surface area contributed by atoms with E-state index in [0.717, 1.165) is 0 Å². The predicted molar refractivity (Wildman–Crippen MR) is 59.8 cm³/mol. The molecule has 0 saturated heterocycles. The number of carbonyl (C=O) groups excluding carboxylic acids is 1. The molecule has 0 radical (unpaired) electrons. The van der Waals surface area contributed by atoms with Crippen LogP contribution in [-0.4, -0.2) is 20.2 Å². The molecule has 0 atom stereocenters. The topological polar surface area (TPSA) is 73.3 Å². The molecule has 0 saturated carbocycles. The normalized spacial score (nSPS) is 10.9. The summed E-state index contributed by atoms with van der Waals surface area (Å²) in [6, 6.07) is 0. The fourth-order valence-electron chi connectivity index (χ4n) is 1.47. The number of nitrogen functional groups attached to an aromatic ring is 1. The van der Waals surface area contributed by atoms with Gasteiger partial charge in [0.25, 0.3) is 0 Å². The Bertz CT molecular complexity index is 561. The second-order valence-electron chi connectivity index (χ2n) is 3.22. The molecule has 2 aromatic heterocycles. The van der Waals surface area contributed by atoms with Gasteiger partial charge in [-0.3, -0.25) is 9.20 Å². The number of imidazole rings is 1. The van der Waals surface area contributed by atoms with E-state index in [9.17, 15) is 4.79 Å². The maximum absolute atomic E-state index is 11.3. The van der Waals surface area contributed by atoms with Crippen molar-refractivity contribution >= 4 is 33.2 Å². The minimum Gasteiger partial charge on any atom is -0.384 e. The zero-order chi connectivity index (χ0) is 11.2. The number of hydrogen-bond donors (Lipinski definition) is 1. The number of fused-ring (bicyclic) bond motifs is 1. The zero-order valence-corrected chi connectivity index (χ0v) is 9.87. The number of ketones is 1. The SMILES string of the molecule is CC(=O)c1cnc2c(Br)nc(C)n2c1N. The smallest absolute Gasteiger partial charge is 0.173 e. The highest BCUT2D eigenvalue weighted by molar-refractivity contribution is 9.10. The van der Waals surface area contributed by atoms with Crippen LogP contribution in [0.15, 0.2) is 10.8 Å². The van der Waals surface area contributed by atoms with E-state index in [2.05, 4.69) is 25.9 Å². The molecule has 5 nitrogen and oxygen atoms in total. The molecule has 0 unspecified atom stereocenters. The quantitative estimate of drug-likeness (QED) is 0.798. The molecule has 0 aliphatic rings. The van der Waals surface area contributed by atoms with Gasteiger partial charge < -0.3 is 5.73 Å². The lowest BCUT2D eigenvalue weighted by atomic mass is 10.2. The van der Waals surface area contributed by atoms with Crippen LogP contribution in [-0.2, 0) is 0 Å². The van der Waals surface area contributed by atoms with Crippen molar-refractivity contribution in [2.24, 2.45) is 0 Å². The number of carbonyl (C=O) groups is 1. The van der Waals surface area contributed by atoms with E-state index >= 15 is 0 Å². The third-order valence-electron chi connectivity index (χ3n) is 2.19. The predicted octanol–water partition coefficient (Wildman–Crippen LogP) is 1.59. The molecule has 2 N–H and O–H groups in total. The minimum atomic E-state index is -0.105. The summed E-state index contributed by atoms with van der Waals surface area (Å²) in [5, 5.41) is 0. The second kappa shape index (κ2) is 3.30. The number of aromatic nitrogens is 3. The van der Waals surface area contributed by atoms with Crippen molar-refractivity contribution in [2.45, 2.75) is 13.8 Å². The third kappa shape index (κ3) is 1.41. The van der Waals surface area contributed by atoms with Crippen molar-refractivity contribution in [3.63, 3.8) is 0 Å². The molecule has 0 fully saturated rings. The van der Waals surface area contributed by atoms with Crippen molar-refractivity contribution in [3.8, 4) is 0 Å². The number of nitrogens with two attached hydrogens (primary N) is 1. The van der Waals surface area contributed by atoms with Crippen LogP contribution in [0.5, 0.6) is 0 Å². The van der Waals surface area contributed by atoms with Crippen molar-refractivity contribution in [1.82, 2.24) is 14.4 Å². The molecule has 0 aromatic carbocycles. The number of hydrogen-bond acceptors (Lipinski definition) is 4. The summed E-state index contributed by atoms with van der Waals surface area (Å²) in [6.45, 7) is 3.26. The summed E-state index contributed by atoms with van der Waals surface area (Å²) >= 11 is 3.28. The van der Waals surface area contributed by atoms with E-state index in [1.54, 1.807) is 11.3 Å². The van der Waals surface area contributed by atoms with Gasteiger partial charge in [0.1, 0.15) is 11.6 Å². The Morgan fingerprint density at radius 1 is 1.60 bits per heavy atom. The number of rotatable bonds is 1. The molecule has 0 aliphatic heterocycles. The Morgan fingerprint density at radius 3 is 2.87 bits per heavy atom. The summed E-state index contributed by atoms with van der Waals surface area (Å²) in [6.07, 6.45) is 1.47. The highest BCUT2D eigenvalue weighted by Crippen LogP contribution is 2.21. The number of halogens is 1. The molecule has 15 heavy (non-hydrogen) atoms. The van der Waals surface area contributed by atoms with Gasteiger partial charge in [-0.1, -0.05) is 0 Å². The average Bonchev–Trinajstić information content (AvgIpc) is 2.43. The maximum Gasteiger partial charge on any atom is 0.173 e. The molecular weight excluding hydrogens is 260 g/mol. The Balaban J connectivity index is 2.89. The molecule has 78 valence electrons. The largest absolute Gasteiger partial charge is 0.384 e. The lowest BCUT2D eigenvalue weighted by Crippen LogP contribution is -2.07. The van der Waals surface area contributed by atoms with Gasteiger partial charge in [-0.2, -0.15) is 0 Å². The molecule has 0 spiro atoms. The number of anilines is 1. The zero-order valence-electron chi connectivity index (χ0n) is 8.28. The summed E-state index contributed by atoms with van der Waals surface area (Å²) < 4.78 is 2.28. The van der Waals surface area contributed by atoms with Crippen LogP contribution in [0.1, 0.15) is 23.1 Å². The Labute approximate surface area is 94.5 Å². The van der Waals surface area contributed by atoms with E-state index in [1.165, 1.54) is 13.1 Å². The highest BCUT2D eigenvalue weighted by atomic mass is 79.9. The van der Waals surface area contributed by atoms with E-state index in [-0.39, 0.29) is 5.78 Å². The van der Waals surface area contributed by atoms with Gasteiger partial charge >= 0.3 is 0 Å². The van der Waals surface area contributed by atoms with Crippen LogP contribution in [0.2, 0.25) is 0 Å². The van der Waals surface area contributed by atoms with E-state index in [4.69, 9.17) is 5.73 Å². The lowest BCUT2D eigenvalue weighted by molar-refractivity contribution is 0.101. The number of Topliss-reactive ketones (excluding diaryl/α,β-unsaturated/α-hetero) is 1.